The number of hydrogen-bond donors (Lipinski definition) is 1. The number of aromatic amines is 1. The molecule has 72 valence electrons. The first kappa shape index (κ1) is 9.60. The SMILES string of the molecule is O=[N+]([O-])c1cc2c(Br)[nH]nc2cc1Br. The van der Waals surface area contributed by atoms with Crippen LogP contribution in [0.1, 0.15) is 0 Å². The average molecular weight is 321 g/mol. The molecule has 1 aromatic carbocycles. The van der Waals surface area contributed by atoms with E-state index in [-0.39, 0.29) is 5.69 Å². The van der Waals surface area contributed by atoms with E-state index in [4.69, 9.17) is 0 Å². The van der Waals surface area contributed by atoms with Crippen LogP contribution in [-0.4, -0.2) is 15.1 Å². The van der Waals surface area contributed by atoms with Crippen LogP contribution in [0, 0.1) is 10.1 Å². The van der Waals surface area contributed by atoms with Gasteiger partial charge in [0.2, 0.25) is 0 Å². The Morgan fingerprint density at radius 2 is 2.14 bits per heavy atom. The molecule has 0 saturated carbocycles. The molecule has 0 saturated heterocycles. The van der Waals surface area contributed by atoms with Gasteiger partial charge in [-0.05, 0) is 37.9 Å². The summed E-state index contributed by atoms with van der Waals surface area (Å²) < 4.78 is 1.07. The van der Waals surface area contributed by atoms with Crippen LogP contribution in [-0.2, 0) is 0 Å². The molecule has 1 N–H and O–H groups in total. The second-order valence-electron chi connectivity index (χ2n) is 2.62. The Morgan fingerprint density at radius 1 is 1.43 bits per heavy atom. The predicted octanol–water partition coefficient (Wildman–Crippen LogP) is 3.00. The quantitative estimate of drug-likeness (QED) is 0.648. The molecule has 5 nitrogen and oxygen atoms in total. The smallest absolute Gasteiger partial charge is 0.270 e. The molecular weight excluding hydrogens is 318 g/mol. The molecule has 0 atom stereocenters. The highest BCUT2D eigenvalue weighted by molar-refractivity contribution is 9.11. The highest BCUT2D eigenvalue weighted by Crippen LogP contribution is 2.32. The Hall–Kier alpha value is -0.950. The number of nitro benzene ring substituents is 1. The third-order valence-electron chi connectivity index (χ3n) is 1.77. The molecule has 0 aliphatic heterocycles. The van der Waals surface area contributed by atoms with Gasteiger partial charge in [0, 0.05) is 11.5 Å². The van der Waals surface area contributed by atoms with E-state index in [1.54, 1.807) is 6.07 Å². The van der Waals surface area contributed by atoms with Crippen molar-refractivity contribution < 1.29 is 4.92 Å². The minimum atomic E-state index is -0.442. The van der Waals surface area contributed by atoms with Crippen molar-refractivity contribution in [2.75, 3.05) is 0 Å². The maximum atomic E-state index is 10.6. The first-order chi connectivity index (χ1) is 6.59. The molecule has 0 aliphatic carbocycles. The van der Waals surface area contributed by atoms with Crippen molar-refractivity contribution in [3.63, 3.8) is 0 Å². The van der Waals surface area contributed by atoms with Crippen LogP contribution in [0.3, 0.4) is 0 Å². The fourth-order valence-corrected chi connectivity index (χ4v) is 2.01. The first-order valence-electron chi connectivity index (χ1n) is 3.57. The van der Waals surface area contributed by atoms with E-state index in [1.165, 1.54) is 6.07 Å². The third-order valence-corrected chi connectivity index (χ3v) is 3.01. The number of fused-ring (bicyclic) bond motifs is 1. The van der Waals surface area contributed by atoms with Crippen molar-refractivity contribution >= 4 is 48.5 Å². The predicted molar refractivity (Wildman–Crippen MR) is 58.1 cm³/mol. The third kappa shape index (κ3) is 1.42. The van der Waals surface area contributed by atoms with Crippen molar-refractivity contribution in [3.8, 4) is 0 Å². The molecule has 0 spiro atoms. The van der Waals surface area contributed by atoms with Crippen LogP contribution in [0.25, 0.3) is 10.9 Å². The Kier molecular flexibility index (Phi) is 2.28. The fraction of sp³-hybridized carbons (Fsp3) is 0. The van der Waals surface area contributed by atoms with Crippen molar-refractivity contribution in [2.24, 2.45) is 0 Å². The molecule has 14 heavy (non-hydrogen) atoms. The number of nitrogens with one attached hydrogen (secondary N) is 1. The molecule has 7 heteroatoms. The van der Waals surface area contributed by atoms with Gasteiger partial charge in [-0.15, -0.1) is 0 Å². The molecule has 2 aromatic rings. The zero-order valence-corrected chi connectivity index (χ0v) is 9.79. The second-order valence-corrected chi connectivity index (χ2v) is 4.26. The maximum Gasteiger partial charge on any atom is 0.284 e. The van der Waals surface area contributed by atoms with Crippen molar-refractivity contribution in [1.82, 2.24) is 10.2 Å². The van der Waals surface area contributed by atoms with E-state index in [0.717, 1.165) is 0 Å². The molecule has 1 aromatic heterocycles. The molecule has 0 radical (unpaired) electrons. The number of halogens is 2. The molecule has 0 bridgehead atoms. The summed E-state index contributed by atoms with van der Waals surface area (Å²) in [5.41, 5.74) is 0.703. The minimum Gasteiger partial charge on any atom is -0.270 e. The Morgan fingerprint density at radius 3 is 2.79 bits per heavy atom. The molecule has 1 heterocycles. The molecule has 0 unspecified atom stereocenters. The summed E-state index contributed by atoms with van der Waals surface area (Å²) in [5.74, 6) is 0. The van der Waals surface area contributed by atoms with E-state index < -0.39 is 4.92 Å². The zero-order valence-electron chi connectivity index (χ0n) is 6.62. The summed E-state index contributed by atoms with van der Waals surface area (Å²) in [6, 6.07) is 3.07. The van der Waals surface area contributed by atoms with Gasteiger partial charge in [0.1, 0.15) is 4.60 Å². The van der Waals surface area contributed by atoms with Crippen LogP contribution in [0.15, 0.2) is 21.2 Å². The Bertz CT molecular complexity index is 523. The minimum absolute atomic E-state index is 0.0274. The van der Waals surface area contributed by atoms with Gasteiger partial charge in [0.05, 0.1) is 14.9 Å². The molecule has 2 rings (SSSR count). The monoisotopic (exact) mass is 319 g/mol. The fourth-order valence-electron chi connectivity index (χ4n) is 1.13. The van der Waals surface area contributed by atoms with Gasteiger partial charge >= 0.3 is 0 Å². The number of benzene rings is 1. The van der Waals surface area contributed by atoms with Crippen molar-refractivity contribution in [1.29, 1.82) is 0 Å². The summed E-state index contributed by atoms with van der Waals surface area (Å²) >= 11 is 6.34. The summed E-state index contributed by atoms with van der Waals surface area (Å²) in [5, 5.41) is 18.0. The zero-order chi connectivity index (χ0) is 10.3. The van der Waals surface area contributed by atoms with Crippen LogP contribution in [0.4, 0.5) is 5.69 Å². The van der Waals surface area contributed by atoms with Crippen molar-refractivity contribution in [2.45, 2.75) is 0 Å². The van der Waals surface area contributed by atoms with Gasteiger partial charge in [0.25, 0.3) is 5.69 Å². The van der Waals surface area contributed by atoms with Gasteiger partial charge in [-0.2, -0.15) is 5.10 Å². The molecular formula is C7H3Br2N3O2. The lowest BCUT2D eigenvalue weighted by molar-refractivity contribution is -0.385. The number of rotatable bonds is 1. The maximum absolute atomic E-state index is 10.6. The van der Waals surface area contributed by atoms with Crippen LogP contribution < -0.4 is 0 Å². The van der Waals surface area contributed by atoms with E-state index in [0.29, 0.717) is 20.0 Å². The van der Waals surface area contributed by atoms with Crippen molar-refractivity contribution in [3.05, 3.63) is 31.3 Å². The highest BCUT2D eigenvalue weighted by Gasteiger charge is 2.15. The summed E-state index contributed by atoms with van der Waals surface area (Å²) in [4.78, 5) is 10.2. The number of hydrogen-bond acceptors (Lipinski definition) is 3. The van der Waals surface area contributed by atoms with Crippen LogP contribution >= 0.6 is 31.9 Å². The van der Waals surface area contributed by atoms with E-state index >= 15 is 0 Å². The average Bonchev–Trinajstić information content (AvgIpc) is 2.46. The standard InChI is InChI=1S/C7H3Br2N3O2/c8-4-2-5-3(7(9)11-10-5)1-6(4)12(13)14/h1-2H,(H,10,11). The lowest BCUT2D eigenvalue weighted by atomic mass is 10.2. The Labute approximate surface area is 94.9 Å². The van der Waals surface area contributed by atoms with Crippen LogP contribution in [0.5, 0.6) is 0 Å². The normalized spacial score (nSPS) is 10.7. The van der Waals surface area contributed by atoms with E-state index in [9.17, 15) is 10.1 Å². The topological polar surface area (TPSA) is 71.8 Å². The number of nitrogens with zero attached hydrogens (tertiary/aromatic N) is 2. The van der Waals surface area contributed by atoms with Gasteiger partial charge in [-0.25, -0.2) is 0 Å². The molecule has 0 fully saturated rings. The number of aromatic nitrogens is 2. The first-order valence-corrected chi connectivity index (χ1v) is 5.15. The lowest BCUT2D eigenvalue weighted by Crippen LogP contribution is -1.88. The van der Waals surface area contributed by atoms with Gasteiger partial charge in [-0.1, -0.05) is 0 Å². The van der Waals surface area contributed by atoms with Gasteiger partial charge in [0.15, 0.2) is 0 Å². The summed E-state index contributed by atoms with van der Waals surface area (Å²) in [6.07, 6.45) is 0. The van der Waals surface area contributed by atoms with Gasteiger partial charge < -0.3 is 0 Å². The summed E-state index contributed by atoms with van der Waals surface area (Å²) in [6.45, 7) is 0. The highest BCUT2D eigenvalue weighted by atomic mass is 79.9. The van der Waals surface area contributed by atoms with E-state index in [1.807, 2.05) is 0 Å². The lowest BCUT2D eigenvalue weighted by Gasteiger charge is -1.94. The van der Waals surface area contributed by atoms with Crippen LogP contribution in [0.2, 0.25) is 0 Å². The molecule has 0 aliphatic rings. The molecule has 0 amide bonds. The van der Waals surface area contributed by atoms with Gasteiger partial charge in [-0.3, -0.25) is 15.2 Å². The Balaban J connectivity index is 2.80. The van der Waals surface area contributed by atoms with E-state index in [2.05, 4.69) is 42.1 Å². The largest absolute Gasteiger partial charge is 0.284 e. The number of H-pyrrole nitrogens is 1. The number of nitro groups is 1. The summed E-state index contributed by atoms with van der Waals surface area (Å²) in [7, 11) is 0. The second kappa shape index (κ2) is 3.32.